The summed E-state index contributed by atoms with van der Waals surface area (Å²) in [5.41, 5.74) is 3.41. The average molecular weight is 409 g/mol. The van der Waals surface area contributed by atoms with Crippen LogP contribution >= 0.6 is 0 Å². The standard InChI is InChI=1S/C23H20FNO5/c1-26-18-9-6-14(11-16(18)24)23-25-17-8-5-13(12-20(17)30-23)15-7-10-19(27-2)22(29-4)21(15)28-3/h5-12H,1-4H3. The maximum atomic E-state index is 14.1. The molecule has 30 heavy (non-hydrogen) atoms. The smallest absolute Gasteiger partial charge is 0.227 e. The number of nitrogens with zero attached hydrogens (tertiary/aromatic N) is 1. The molecule has 0 saturated heterocycles. The highest BCUT2D eigenvalue weighted by molar-refractivity contribution is 5.85. The molecule has 154 valence electrons. The van der Waals surface area contributed by atoms with Crippen LogP contribution in [0.25, 0.3) is 33.7 Å². The van der Waals surface area contributed by atoms with E-state index in [2.05, 4.69) is 4.98 Å². The average Bonchev–Trinajstić information content (AvgIpc) is 3.21. The van der Waals surface area contributed by atoms with Crippen molar-refractivity contribution < 1.29 is 27.8 Å². The zero-order valence-electron chi connectivity index (χ0n) is 17.0. The lowest BCUT2D eigenvalue weighted by Crippen LogP contribution is -1.96. The first-order valence-corrected chi connectivity index (χ1v) is 9.13. The first-order valence-electron chi connectivity index (χ1n) is 9.13. The monoisotopic (exact) mass is 409 g/mol. The lowest BCUT2D eigenvalue weighted by molar-refractivity contribution is 0.325. The van der Waals surface area contributed by atoms with Gasteiger partial charge in [0.15, 0.2) is 28.6 Å². The number of halogens is 1. The second kappa shape index (κ2) is 7.94. The number of methoxy groups -OCH3 is 4. The van der Waals surface area contributed by atoms with Gasteiger partial charge in [0, 0.05) is 11.1 Å². The Morgan fingerprint density at radius 1 is 0.733 bits per heavy atom. The van der Waals surface area contributed by atoms with Gasteiger partial charge in [0.25, 0.3) is 0 Å². The highest BCUT2D eigenvalue weighted by Gasteiger charge is 2.18. The molecule has 6 nitrogen and oxygen atoms in total. The fourth-order valence-corrected chi connectivity index (χ4v) is 3.34. The fraction of sp³-hybridized carbons (Fsp3) is 0.174. The Bertz CT molecular complexity index is 1220. The summed E-state index contributed by atoms with van der Waals surface area (Å²) in [7, 11) is 6.12. The highest BCUT2D eigenvalue weighted by Crippen LogP contribution is 2.44. The minimum Gasteiger partial charge on any atom is -0.494 e. The van der Waals surface area contributed by atoms with Crippen molar-refractivity contribution >= 4 is 11.1 Å². The summed E-state index contributed by atoms with van der Waals surface area (Å²) in [4.78, 5) is 4.47. The molecule has 0 bridgehead atoms. The van der Waals surface area contributed by atoms with Crippen LogP contribution in [-0.4, -0.2) is 33.4 Å². The van der Waals surface area contributed by atoms with Gasteiger partial charge in [-0.25, -0.2) is 9.37 Å². The quantitative estimate of drug-likeness (QED) is 0.429. The van der Waals surface area contributed by atoms with Crippen LogP contribution in [0, 0.1) is 5.82 Å². The molecule has 0 aliphatic heterocycles. The van der Waals surface area contributed by atoms with Crippen molar-refractivity contribution in [1.82, 2.24) is 4.98 Å². The topological polar surface area (TPSA) is 63.0 Å². The van der Waals surface area contributed by atoms with E-state index in [-0.39, 0.29) is 5.75 Å². The van der Waals surface area contributed by atoms with Crippen LogP contribution in [0.1, 0.15) is 0 Å². The van der Waals surface area contributed by atoms with Crippen molar-refractivity contribution in [3.05, 3.63) is 54.3 Å². The van der Waals surface area contributed by atoms with Gasteiger partial charge in [0.2, 0.25) is 11.6 Å². The minimum absolute atomic E-state index is 0.165. The Balaban J connectivity index is 1.79. The molecule has 0 fully saturated rings. The molecule has 1 aromatic heterocycles. The van der Waals surface area contributed by atoms with Gasteiger partial charge in [-0.1, -0.05) is 6.07 Å². The molecule has 0 aliphatic rings. The lowest BCUT2D eigenvalue weighted by Gasteiger charge is -2.15. The number of benzene rings is 3. The van der Waals surface area contributed by atoms with E-state index in [0.29, 0.717) is 39.8 Å². The summed E-state index contributed by atoms with van der Waals surface area (Å²) in [6.45, 7) is 0. The van der Waals surface area contributed by atoms with E-state index in [4.69, 9.17) is 23.4 Å². The Morgan fingerprint density at radius 2 is 1.43 bits per heavy atom. The fourth-order valence-electron chi connectivity index (χ4n) is 3.34. The van der Waals surface area contributed by atoms with Gasteiger partial charge < -0.3 is 23.4 Å². The minimum atomic E-state index is -0.479. The molecule has 0 amide bonds. The van der Waals surface area contributed by atoms with Gasteiger partial charge in [-0.15, -0.1) is 0 Å². The molecule has 0 radical (unpaired) electrons. The molecule has 4 rings (SSSR count). The summed E-state index contributed by atoms with van der Waals surface area (Å²) in [5.74, 6) is 1.63. The number of fused-ring (bicyclic) bond motifs is 1. The molecule has 0 unspecified atom stereocenters. The summed E-state index contributed by atoms with van der Waals surface area (Å²) in [5, 5.41) is 0. The Kier molecular flexibility index (Phi) is 5.18. The zero-order valence-corrected chi connectivity index (χ0v) is 17.0. The number of ether oxygens (including phenoxy) is 4. The van der Waals surface area contributed by atoms with Crippen LogP contribution in [0.4, 0.5) is 4.39 Å². The summed E-state index contributed by atoms with van der Waals surface area (Å²) in [6, 6.07) is 13.9. The third-order valence-corrected chi connectivity index (χ3v) is 4.80. The van der Waals surface area contributed by atoms with Crippen LogP contribution in [0.3, 0.4) is 0 Å². The van der Waals surface area contributed by atoms with Crippen molar-refractivity contribution in [3.8, 4) is 45.6 Å². The van der Waals surface area contributed by atoms with E-state index < -0.39 is 5.82 Å². The van der Waals surface area contributed by atoms with Crippen LogP contribution < -0.4 is 18.9 Å². The summed E-state index contributed by atoms with van der Waals surface area (Å²) >= 11 is 0. The Labute approximate surface area is 172 Å². The maximum absolute atomic E-state index is 14.1. The summed E-state index contributed by atoms with van der Waals surface area (Å²) in [6.07, 6.45) is 0. The van der Waals surface area contributed by atoms with Gasteiger partial charge in [0.05, 0.1) is 28.4 Å². The van der Waals surface area contributed by atoms with Crippen molar-refractivity contribution in [3.63, 3.8) is 0 Å². The first-order chi connectivity index (χ1) is 14.6. The molecule has 0 saturated carbocycles. The van der Waals surface area contributed by atoms with E-state index in [1.165, 1.54) is 13.2 Å². The zero-order chi connectivity index (χ0) is 21.3. The van der Waals surface area contributed by atoms with E-state index >= 15 is 0 Å². The van der Waals surface area contributed by atoms with Gasteiger partial charge in [-0.05, 0) is 48.0 Å². The van der Waals surface area contributed by atoms with Crippen molar-refractivity contribution in [2.45, 2.75) is 0 Å². The summed E-state index contributed by atoms with van der Waals surface area (Å²) < 4.78 is 41.3. The molecule has 1 heterocycles. The molecule has 0 atom stereocenters. The number of rotatable bonds is 6. The number of hydrogen-bond donors (Lipinski definition) is 0. The Hall–Kier alpha value is -3.74. The highest BCUT2D eigenvalue weighted by atomic mass is 19.1. The third-order valence-electron chi connectivity index (χ3n) is 4.80. The Morgan fingerprint density at radius 3 is 2.10 bits per heavy atom. The number of oxazole rings is 1. The van der Waals surface area contributed by atoms with Crippen LogP contribution in [0.15, 0.2) is 52.9 Å². The molecular weight excluding hydrogens is 389 g/mol. The molecule has 0 N–H and O–H groups in total. The molecule has 3 aromatic carbocycles. The molecule has 7 heteroatoms. The second-order valence-corrected chi connectivity index (χ2v) is 6.43. The van der Waals surface area contributed by atoms with E-state index in [1.54, 1.807) is 33.5 Å². The van der Waals surface area contributed by atoms with Gasteiger partial charge in [-0.2, -0.15) is 0 Å². The van der Waals surface area contributed by atoms with Gasteiger partial charge in [-0.3, -0.25) is 0 Å². The molecule has 0 spiro atoms. The molecular formula is C23H20FNO5. The van der Waals surface area contributed by atoms with Crippen molar-refractivity contribution in [1.29, 1.82) is 0 Å². The van der Waals surface area contributed by atoms with Crippen LogP contribution in [0.5, 0.6) is 23.0 Å². The number of hydrogen-bond acceptors (Lipinski definition) is 6. The van der Waals surface area contributed by atoms with E-state index in [1.807, 2.05) is 30.3 Å². The third kappa shape index (κ3) is 3.28. The normalized spacial score (nSPS) is 10.8. The van der Waals surface area contributed by atoms with E-state index in [9.17, 15) is 4.39 Å². The van der Waals surface area contributed by atoms with Gasteiger partial charge in [0.1, 0.15) is 5.52 Å². The largest absolute Gasteiger partial charge is 0.494 e. The van der Waals surface area contributed by atoms with Gasteiger partial charge >= 0.3 is 0 Å². The molecule has 4 aromatic rings. The van der Waals surface area contributed by atoms with Crippen LogP contribution in [-0.2, 0) is 0 Å². The first kappa shape index (κ1) is 19.6. The van der Waals surface area contributed by atoms with Crippen molar-refractivity contribution in [2.75, 3.05) is 28.4 Å². The predicted molar refractivity (Wildman–Crippen MR) is 111 cm³/mol. The SMILES string of the molecule is COc1ccc(-c2nc3ccc(-c4ccc(OC)c(OC)c4OC)cc3o2)cc1F. The maximum Gasteiger partial charge on any atom is 0.227 e. The van der Waals surface area contributed by atoms with E-state index in [0.717, 1.165) is 11.1 Å². The predicted octanol–water partition coefficient (Wildman–Crippen LogP) is 5.34. The number of aromatic nitrogens is 1. The van der Waals surface area contributed by atoms with Crippen molar-refractivity contribution in [2.24, 2.45) is 0 Å². The second-order valence-electron chi connectivity index (χ2n) is 6.43. The van der Waals surface area contributed by atoms with Crippen LogP contribution in [0.2, 0.25) is 0 Å². The molecule has 0 aliphatic carbocycles. The lowest BCUT2D eigenvalue weighted by atomic mass is 10.0.